The summed E-state index contributed by atoms with van der Waals surface area (Å²) in [6.45, 7) is 6.63. The minimum Gasteiger partial charge on any atom is -0.297 e. The van der Waals surface area contributed by atoms with Crippen LogP contribution in [0.5, 0.6) is 0 Å². The molecule has 2 aromatic rings. The zero-order valence-electron chi connectivity index (χ0n) is 11.1. The molecule has 0 aliphatic heterocycles. The van der Waals surface area contributed by atoms with E-state index in [2.05, 4.69) is 47.7 Å². The van der Waals surface area contributed by atoms with Gasteiger partial charge in [-0.15, -0.1) is 0 Å². The smallest absolute Gasteiger partial charge is 0.195 e. The van der Waals surface area contributed by atoms with Gasteiger partial charge in [0, 0.05) is 11.6 Å². The van der Waals surface area contributed by atoms with Crippen molar-refractivity contribution in [3.63, 3.8) is 0 Å². The molecular formula is C14H19N3S. The van der Waals surface area contributed by atoms with Crippen molar-refractivity contribution in [1.29, 1.82) is 0 Å². The fraction of sp³-hybridized carbons (Fsp3) is 0.429. The Morgan fingerprint density at radius 3 is 2.50 bits per heavy atom. The fourth-order valence-corrected chi connectivity index (χ4v) is 2.62. The van der Waals surface area contributed by atoms with Crippen molar-refractivity contribution in [3.05, 3.63) is 35.1 Å². The summed E-state index contributed by atoms with van der Waals surface area (Å²) in [5.74, 6) is 1.46. The molecule has 2 rings (SSSR count). The van der Waals surface area contributed by atoms with Crippen LogP contribution in [-0.4, -0.2) is 14.8 Å². The summed E-state index contributed by atoms with van der Waals surface area (Å²) in [6.07, 6.45) is 1.05. The van der Waals surface area contributed by atoms with Crippen LogP contribution in [0.15, 0.2) is 30.3 Å². The largest absolute Gasteiger partial charge is 0.297 e. The first kappa shape index (κ1) is 13.0. The van der Waals surface area contributed by atoms with Crippen LogP contribution in [0, 0.1) is 10.7 Å². The van der Waals surface area contributed by atoms with Crippen LogP contribution in [0.1, 0.15) is 33.2 Å². The average Bonchev–Trinajstić information content (AvgIpc) is 2.74. The molecule has 4 heteroatoms. The van der Waals surface area contributed by atoms with Crippen molar-refractivity contribution in [2.24, 2.45) is 5.92 Å². The van der Waals surface area contributed by atoms with Gasteiger partial charge in [0.2, 0.25) is 0 Å². The van der Waals surface area contributed by atoms with Gasteiger partial charge in [-0.3, -0.25) is 9.67 Å². The van der Waals surface area contributed by atoms with E-state index in [9.17, 15) is 0 Å². The highest BCUT2D eigenvalue weighted by Gasteiger charge is 2.19. The number of rotatable bonds is 4. The van der Waals surface area contributed by atoms with E-state index < -0.39 is 0 Å². The van der Waals surface area contributed by atoms with E-state index >= 15 is 0 Å². The van der Waals surface area contributed by atoms with Crippen LogP contribution in [0.25, 0.3) is 11.4 Å². The van der Waals surface area contributed by atoms with E-state index in [1.54, 1.807) is 0 Å². The predicted octanol–water partition coefficient (Wildman–Crippen LogP) is 4.21. The average molecular weight is 261 g/mol. The van der Waals surface area contributed by atoms with Crippen LogP contribution in [-0.2, 0) is 0 Å². The summed E-state index contributed by atoms with van der Waals surface area (Å²) in [7, 11) is 0. The Kier molecular flexibility index (Phi) is 3.97. The first-order chi connectivity index (χ1) is 8.65. The monoisotopic (exact) mass is 261 g/mol. The third kappa shape index (κ3) is 2.38. The quantitative estimate of drug-likeness (QED) is 0.836. The lowest BCUT2D eigenvalue weighted by Gasteiger charge is -2.22. The molecule has 0 spiro atoms. The lowest BCUT2D eigenvalue weighted by molar-refractivity contribution is 0.365. The second kappa shape index (κ2) is 5.48. The number of benzene rings is 1. The van der Waals surface area contributed by atoms with Crippen molar-refractivity contribution >= 4 is 12.2 Å². The minimum absolute atomic E-state index is 0.381. The molecule has 0 amide bonds. The fourth-order valence-electron chi connectivity index (χ4n) is 2.36. The molecule has 1 aromatic heterocycles. The minimum atomic E-state index is 0.381. The van der Waals surface area contributed by atoms with Crippen LogP contribution in [0.3, 0.4) is 0 Å². The van der Waals surface area contributed by atoms with Crippen molar-refractivity contribution in [2.75, 3.05) is 0 Å². The van der Waals surface area contributed by atoms with E-state index in [1.807, 2.05) is 18.2 Å². The molecule has 0 bridgehead atoms. The van der Waals surface area contributed by atoms with Gasteiger partial charge in [-0.2, -0.15) is 5.10 Å². The summed E-state index contributed by atoms with van der Waals surface area (Å²) in [4.78, 5) is 0. The topological polar surface area (TPSA) is 33.6 Å². The molecule has 1 N–H and O–H groups in total. The molecule has 0 saturated heterocycles. The highest BCUT2D eigenvalue weighted by atomic mass is 32.1. The predicted molar refractivity (Wildman–Crippen MR) is 77.0 cm³/mol. The molecule has 1 heterocycles. The Morgan fingerprint density at radius 1 is 1.28 bits per heavy atom. The Hall–Kier alpha value is -1.42. The van der Waals surface area contributed by atoms with Crippen molar-refractivity contribution in [1.82, 2.24) is 14.8 Å². The van der Waals surface area contributed by atoms with Gasteiger partial charge in [-0.25, -0.2) is 0 Å². The van der Waals surface area contributed by atoms with E-state index in [0.717, 1.165) is 17.8 Å². The van der Waals surface area contributed by atoms with Gasteiger partial charge in [0.1, 0.15) is 0 Å². The van der Waals surface area contributed by atoms with Crippen LogP contribution in [0.4, 0.5) is 0 Å². The summed E-state index contributed by atoms with van der Waals surface area (Å²) in [5.41, 5.74) is 1.10. The second-order valence-corrected chi connectivity index (χ2v) is 5.19. The first-order valence-corrected chi connectivity index (χ1v) is 6.78. The van der Waals surface area contributed by atoms with Gasteiger partial charge in [0.15, 0.2) is 10.6 Å². The van der Waals surface area contributed by atoms with Crippen LogP contribution >= 0.6 is 12.2 Å². The summed E-state index contributed by atoms with van der Waals surface area (Å²) < 4.78 is 2.85. The van der Waals surface area contributed by atoms with Crippen molar-refractivity contribution < 1.29 is 0 Å². The highest BCUT2D eigenvalue weighted by molar-refractivity contribution is 7.71. The molecule has 0 radical (unpaired) electrons. The third-order valence-corrected chi connectivity index (χ3v) is 3.54. The number of aromatic amines is 1. The van der Waals surface area contributed by atoms with Gasteiger partial charge in [-0.1, -0.05) is 51.1 Å². The van der Waals surface area contributed by atoms with E-state index in [0.29, 0.717) is 16.7 Å². The molecule has 3 nitrogen and oxygen atoms in total. The maximum atomic E-state index is 5.38. The number of hydrogen-bond donors (Lipinski definition) is 1. The van der Waals surface area contributed by atoms with E-state index in [1.165, 1.54) is 0 Å². The van der Waals surface area contributed by atoms with Gasteiger partial charge >= 0.3 is 0 Å². The van der Waals surface area contributed by atoms with Gasteiger partial charge < -0.3 is 0 Å². The third-order valence-electron chi connectivity index (χ3n) is 3.26. The maximum Gasteiger partial charge on any atom is 0.195 e. The molecule has 18 heavy (non-hydrogen) atoms. The SMILES string of the molecule is CCC(C(C)C)n1c(-c2ccccc2)n[nH]c1=S. The zero-order valence-corrected chi connectivity index (χ0v) is 11.9. The molecular weight excluding hydrogens is 242 g/mol. The molecule has 1 atom stereocenters. The lowest BCUT2D eigenvalue weighted by atomic mass is 10.0. The molecule has 1 aromatic carbocycles. The Bertz CT molecular complexity index is 554. The molecule has 0 aliphatic rings. The maximum absolute atomic E-state index is 5.38. The lowest BCUT2D eigenvalue weighted by Crippen LogP contribution is -2.15. The summed E-state index contributed by atoms with van der Waals surface area (Å²) >= 11 is 5.38. The van der Waals surface area contributed by atoms with Gasteiger partial charge in [-0.05, 0) is 24.6 Å². The highest BCUT2D eigenvalue weighted by Crippen LogP contribution is 2.27. The molecule has 96 valence electrons. The number of H-pyrrole nitrogens is 1. The van der Waals surface area contributed by atoms with Crippen LogP contribution < -0.4 is 0 Å². The Balaban J connectivity index is 2.55. The van der Waals surface area contributed by atoms with E-state index in [4.69, 9.17) is 12.2 Å². The number of nitrogens with one attached hydrogen (secondary N) is 1. The molecule has 1 unspecified atom stereocenters. The van der Waals surface area contributed by atoms with Crippen molar-refractivity contribution in [2.45, 2.75) is 33.2 Å². The summed E-state index contributed by atoms with van der Waals surface area (Å²) in [6, 6.07) is 10.6. The number of nitrogens with zero attached hydrogens (tertiary/aromatic N) is 2. The number of aromatic nitrogens is 3. The molecule has 0 aliphatic carbocycles. The van der Waals surface area contributed by atoms with Crippen molar-refractivity contribution in [3.8, 4) is 11.4 Å². The van der Waals surface area contributed by atoms with Crippen LogP contribution in [0.2, 0.25) is 0 Å². The first-order valence-electron chi connectivity index (χ1n) is 6.37. The standard InChI is InChI=1S/C14H19N3S/c1-4-12(10(2)3)17-13(15-16-14(17)18)11-8-6-5-7-9-11/h5-10,12H,4H2,1-3H3,(H,16,18). The Morgan fingerprint density at radius 2 is 1.94 bits per heavy atom. The van der Waals surface area contributed by atoms with E-state index in [-0.39, 0.29) is 0 Å². The second-order valence-electron chi connectivity index (χ2n) is 4.81. The summed E-state index contributed by atoms with van der Waals surface area (Å²) in [5, 5.41) is 7.30. The normalized spacial score (nSPS) is 12.9. The molecule has 0 fully saturated rings. The zero-order chi connectivity index (χ0) is 13.1. The Labute approximate surface area is 113 Å². The molecule has 0 saturated carbocycles. The van der Waals surface area contributed by atoms with Gasteiger partial charge in [0.05, 0.1) is 0 Å². The number of hydrogen-bond acceptors (Lipinski definition) is 2. The van der Waals surface area contributed by atoms with Gasteiger partial charge in [0.25, 0.3) is 0 Å².